The molecular formula is C22H31N3O2S2. The van der Waals surface area contributed by atoms with E-state index in [-0.39, 0.29) is 11.8 Å². The first kappa shape index (κ1) is 21.1. The molecule has 0 unspecified atom stereocenters. The summed E-state index contributed by atoms with van der Waals surface area (Å²) in [5, 5.41) is 0. The van der Waals surface area contributed by atoms with Crippen molar-refractivity contribution < 1.29 is 9.59 Å². The molecule has 5 nitrogen and oxygen atoms in total. The zero-order valence-corrected chi connectivity index (χ0v) is 18.7. The van der Waals surface area contributed by atoms with Crippen molar-refractivity contribution in [3.8, 4) is 0 Å². The van der Waals surface area contributed by atoms with Gasteiger partial charge in [-0.25, -0.2) is 0 Å². The number of thioether (sulfide) groups is 2. The van der Waals surface area contributed by atoms with Crippen LogP contribution < -0.4 is 0 Å². The van der Waals surface area contributed by atoms with Crippen LogP contribution in [0.2, 0.25) is 0 Å². The number of benzene rings is 1. The minimum atomic E-state index is 0.113. The molecule has 3 fully saturated rings. The van der Waals surface area contributed by atoms with Crippen molar-refractivity contribution in [2.75, 3.05) is 57.3 Å². The highest BCUT2D eigenvalue weighted by atomic mass is 32.2. The number of hydrogen-bond donors (Lipinski definition) is 0. The predicted molar refractivity (Wildman–Crippen MR) is 121 cm³/mol. The summed E-state index contributed by atoms with van der Waals surface area (Å²) in [6.07, 6.45) is 4.79. The Morgan fingerprint density at radius 2 is 1.45 bits per heavy atom. The fourth-order valence-electron chi connectivity index (χ4n) is 4.19. The van der Waals surface area contributed by atoms with Crippen LogP contribution in [0.1, 0.15) is 46.2 Å². The summed E-state index contributed by atoms with van der Waals surface area (Å²) in [5.74, 6) is 2.81. The van der Waals surface area contributed by atoms with Crippen LogP contribution in [0.25, 0.3) is 0 Å². The van der Waals surface area contributed by atoms with E-state index < -0.39 is 0 Å². The SMILES string of the molecule is O=C(CN1CCN(C(=O)c2ccc(C3SCCCS3)cc2)CC1)N1CCCCC1. The molecule has 0 bridgehead atoms. The molecule has 3 aliphatic rings. The number of rotatable bonds is 4. The number of amides is 2. The van der Waals surface area contributed by atoms with Crippen molar-refractivity contribution in [3.63, 3.8) is 0 Å². The Morgan fingerprint density at radius 3 is 2.10 bits per heavy atom. The first-order valence-corrected chi connectivity index (χ1v) is 12.9. The maximum atomic E-state index is 12.9. The van der Waals surface area contributed by atoms with Gasteiger partial charge >= 0.3 is 0 Å². The number of nitrogens with zero attached hydrogens (tertiary/aromatic N) is 3. The molecule has 0 saturated carbocycles. The van der Waals surface area contributed by atoms with Gasteiger partial charge in [0.25, 0.3) is 5.91 Å². The van der Waals surface area contributed by atoms with E-state index >= 15 is 0 Å². The van der Waals surface area contributed by atoms with Gasteiger partial charge in [0.05, 0.1) is 11.1 Å². The van der Waals surface area contributed by atoms with Crippen molar-refractivity contribution in [2.24, 2.45) is 0 Å². The minimum Gasteiger partial charge on any atom is -0.342 e. The van der Waals surface area contributed by atoms with Gasteiger partial charge in [-0.2, -0.15) is 0 Å². The molecule has 0 atom stereocenters. The average molecular weight is 434 g/mol. The maximum Gasteiger partial charge on any atom is 0.253 e. The lowest BCUT2D eigenvalue weighted by Gasteiger charge is -2.36. The van der Waals surface area contributed by atoms with E-state index in [9.17, 15) is 9.59 Å². The smallest absolute Gasteiger partial charge is 0.253 e. The van der Waals surface area contributed by atoms with E-state index in [0.29, 0.717) is 24.2 Å². The van der Waals surface area contributed by atoms with Gasteiger partial charge in [-0.3, -0.25) is 14.5 Å². The molecule has 0 aromatic heterocycles. The minimum absolute atomic E-state index is 0.113. The van der Waals surface area contributed by atoms with E-state index in [1.807, 2.05) is 45.5 Å². The fourth-order valence-corrected chi connectivity index (χ4v) is 7.08. The number of likely N-dealkylation sites (tertiary alicyclic amines) is 1. The summed E-state index contributed by atoms with van der Waals surface area (Å²) in [6.45, 7) is 5.26. The molecule has 3 aliphatic heterocycles. The molecule has 1 aromatic carbocycles. The van der Waals surface area contributed by atoms with E-state index in [0.717, 1.165) is 44.6 Å². The first-order valence-electron chi connectivity index (χ1n) is 10.8. The van der Waals surface area contributed by atoms with Gasteiger partial charge in [0.2, 0.25) is 5.91 Å². The summed E-state index contributed by atoms with van der Waals surface area (Å²) < 4.78 is 0.508. The van der Waals surface area contributed by atoms with Crippen molar-refractivity contribution in [2.45, 2.75) is 30.3 Å². The second-order valence-corrected chi connectivity index (χ2v) is 10.8. The second kappa shape index (κ2) is 10.2. The van der Waals surface area contributed by atoms with Crippen LogP contribution in [0, 0.1) is 0 Å². The Hall–Kier alpha value is -1.18. The standard InChI is InChI=1S/C22H31N3O2S2/c26-20(24-9-2-1-3-10-24)17-23-11-13-25(14-12-23)21(27)18-5-7-19(8-6-18)22-28-15-4-16-29-22/h5-8,22H,1-4,9-17H2. The third-order valence-corrected chi connectivity index (χ3v) is 9.00. The van der Waals surface area contributed by atoms with Crippen LogP contribution in [-0.4, -0.2) is 83.8 Å². The average Bonchev–Trinajstić information content (AvgIpc) is 2.80. The highest BCUT2D eigenvalue weighted by Crippen LogP contribution is 2.43. The van der Waals surface area contributed by atoms with Crippen LogP contribution in [-0.2, 0) is 4.79 Å². The van der Waals surface area contributed by atoms with Crippen LogP contribution in [0.4, 0.5) is 0 Å². The van der Waals surface area contributed by atoms with Crippen molar-refractivity contribution in [1.82, 2.24) is 14.7 Å². The monoisotopic (exact) mass is 433 g/mol. The molecule has 3 heterocycles. The van der Waals surface area contributed by atoms with Crippen molar-refractivity contribution in [1.29, 1.82) is 0 Å². The molecule has 3 saturated heterocycles. The zero-order chi connectivity index (χ0) is 20.1. The highest BCUT2D eigenvalue weighted by Gasteiger charge is 2.25. The largest absolute Gasteiger partial charge is 0.342 e. The molecule has 0 radical (unpaired) electrons. The van der Waals surface area contributed by atoms with Gasteiger partial charge in [-0.15, -0.1) is 23.5 Å². The van der Waals surface area contributed by atoms with Gasteiger partial charge in [0, 0.05) is 44.8 Å². The molecular weight excluding hydrogens is 402 g/mol. The Kier molecular flexibility index (Phi) is 7.43. The molecule has 29 heavy (non-hydrogen) atoms. The molecule has 158 valence electrons. The second-order valence-electron chi connectivity index (χ2n) is 8.06. The molecule has 1 aromatic rings. The van der Waals surface area contributed by atoms with Crippen LogP contribution in [0.15, 0.2) is 24.3 Å². The third kappa shape index (κ3) is 5.50. The lowest BCUT2D eigenvalue weighted by atomic mass is 10.1. The Labute approximate surface area is 182 Å². The van der Waals surface area contributed by atoms with Crippen LogP contribution in [0.3, 0.4) is 0 Å². The molecule has 0 aliphatic carbocycles. The topological polar surface area (TPSA) is 43.9 Å². The van der Waals surface area contributed by atoms with Gasteiger partial charge < -0.3 is 9.80 Å². The number of carbonyl (C=O) groups is 2. The Balaban J connectivity index is 1.25. The molecule has 2 amide bonds. The van der Waals surface area contributed by atoms with Crippen molar-refractivity contribution in [3.05, 3.63) is 35.4 Å². The summed E-state index contributed by atoms with van der Waals surface area (Å²) in [7, 11) is 0. The Morgan fingerprint density at radius 1 is 0.793 bits per heavy atom. The first-order chi connectivity index (χ1) is 14.2. The van der Waals surface area contributed by atoms with E-state index in [1.165, 1.54) is 29.9 Å². The quantitative estimate of drug-likeness (QED) is 0.729. The predicted octanol–water partition coefficient (Wildman–Crippen LogP) is 3.33. The third-order valence-electron chi connectivity index (χ3n) is 5.98. The van der Waals surface area contributed by atoms with Gasteiger partial charge in [0.1, 0.15) is 0 Å². The molecule has 4 rings (SSSR count). The lowest BCUT2D eigenvalue weighted by Crippen LogP contribution is -2.52. The summed E-state index contributed by atoms with van der Waals surface area (Å²) >= 11 is 4.01. The van der Waals surface area contributed by atoms with Gasteiger partial charge in [0.15, 0.2) is 0 Å². The molecule has 0 N–H and O–H groups in total. The van der Waals surface area contributed by atoms with Crippen LogP contribution in [0.5, 0.6) is 0 Å². The summed E-state index contributed by atoms with van der Waals surface area (Å²) in [6, 6.07) is 8.22. The number of carbonyl (C=O) groups excluding carboxylic acids is 2. The summed E-state index contributed by atoms with van der Waals surface area (Å²) in [5.41, 5.74) is 2.09. The van der Waals surface area contributed by atoms with Crippen LogP contribution >= 0.6 is 23.5 Å². The highest BCUT2D eigenvalue weighted by molar-refractivity contribution is 8.16. The van der Waals surface area contributed by atoms with E-state index in [4.69, 9.17) is 0 Å². The summed E-state index contributed by atoms with van der Waals surface area (Å²) in [4.78, 5) is 31.5. The number of piperazine rings is 1. The van der Waals surface area contributed by atoms with Crippen molar-refractivity contribution >= 4 is 35.3 Å². The molecule has 0 spiro atoms. The normalized spacial score (nSPS) is 21.9. The zero-order valence-electron chi connectivity index (χ0n) is 17.1. The lowest BCUT2D eigenvalue weighted by molar-refractivity contribution is -0.133. The fraction of sp³-hybridized carbons (Fsp3) is 0.636. The number of piperidine rings is 1. The maximum absolute atomic E-state index is 12.9. The van der Waals surface area contributed by atoms with Gasteiger partial charge in [-0.05, 0) is 54.9 Å². The molecule has 7 heteroatoms. The number of hydrogen-bond acceptors (Lipinski definition) is 5. The Bertz CT molecular complexity index is 693. The van der Waals surface area contributed by atoms with E-state index in [2.05, 4.69) is 17.0 Å². The van der Waals surface area contributed by atoms with Gasteiger partial charge in [-0.1, -0.05) is 12.1 Å². The van der Waals surface area contributed by atoms with E-state index in [1.54, 1.807) is 0 Å².